The Labute approximate surface area is 123 Å². The summed E-state index contributed by atoms with van der Waals surface area (Å²) >= 11 is 6.08. The number of rotatable bonds is 5. The molecule has 0 fully saturated rings. The molecule has 0 saturated heterocycles. The molecule has 2 aromatic rings. The predicted molar refractivity (Wildman–Crippen MR) is 81.1 cm³/mol. The van der Waals surface area contributed by atoms with E-state index in [0.29, 0.717) is 22.5 Å². The fourth-order valence-electron chi connectivity index (χ4n) is 2.10. The van der Waals surface area contributed by atoms with E-state index in [1.165, 1.54) is 0 Å². The number of halogens is 1. The molecule has 1 aromatic heterocycles. The first-order chi connectivity index (χ1) is 9.56. The number of methoxy groups -OCH3 is 1. The molecule has 5 heteroatoms. The van der Waals surface area contributed by atoms with E-state index in [1.807, 2.05) is 12.1 Å². The van der Waals surface area contributed by atoms with E-state index in [-0.39, 0.29) is 0 Å². The minimum absolute atomic E-state index is 0.365. The standard InChI is InChI=1S/C15H19ClN2O2/c1-4-9(2)7-13-14(15(17)18-20-13)11-8-10(16)5-6-12(11)19-3/h5-6,8-9H,4,7H2,1-3H3,(H2,17,18). The SMILES string of the molecule is CCC(C)Cc1onc(N)c1-c1cc(Cl)ccc1OC. The van der Waals surface area contributed by atoms with Crippen molar-refractivity contribution >= 4 is 17.4 Å². The normalized spacial score (nSPS) is 12.4. The first kappa shape index (κ1) is 14.7. The van der Waals surface area contributed by atoms with Crippen molar-refractivity contribution in [2.75, 3.05) is 12.8 Å². The smallest absolute Gasteiger partial charge is 0.175 e. The van der Waals surface area contributed by atoms with E-state index in [9.17, 15) is 0 Å². The van der Waals surface area contributed by atoms with Gasteiger partial charge in [0.15, 0.2) is 5.82 Å². The second-order valence-corrected chi connectivity index (χ2v) is 5.36. The van der Waals surface area contributed by atoms with Crippen LogP contribution in [0.5, 0.6) is 5.75 Å². The highest BCUT2D eigenvalue weighted by Gasteiger charge is 2.20. The maximum Gasteiger partial charge on any atom is 0.175 e. The van der Waals surface area contributed by atoms with Crippen molar-refractivity contribution in [2.24, 2.45) is 5.92 Å². The third kappa shape index (κ3) is 2.90. The highest BCUT2D eigenvalue weighted by Crippen LogP contribution is 2.38. The van der Waals surface area contributed by atoms with E-state index in [2.05, 4.69) is 19.0 Å². The van der Waals surface area contributed by atoms with Gasteiger partial charge in [-0.25, -0.2) is 0 Å². The van der Waals surface area contributed by atoms with Gasteiger partial charge < -0.3 is 15.0 Å². The summed E-state index contributed by atoms with van der Waals surface area (Å²) in [5, 5.41) is 4.51. The molecule has 0 saturated carbocycles. The lowest BCUT2D eigenvalue weighted by Gasteiger charge is -2.11. The monoisotopic (exact) mass is 294 g/mol. The van der Waals surface area contributed by atoms with Crippen LogP contribution in [-0.4, -0.2) is 12.3 Å². The Morgan fingerprint density at radius 2 is 2.20 bits per heavy atom. The van der Waals surface area contributed by atoms with Crippen molar-refractivity contribution in [3.05, 3.63) is 29.0 Å². The van der Waals surface area contributed by atoms with Crippen molar-refractivity contribution in [1.29, 1.82) is 0 Å². The van der Waals surface area contributed by atoms with Gasteiger partial charge in [0.1, 0.15) is 11.5 Å². The van der Waals surface area contributed by atoms with Gasteiger partial charge >= 0.3 is 0 Å². The van der Waals surface area contributed by atoms with Crippen molar-refractivity contribution < 1.29 is 9.26 Å². The Kier molecular flexibility index (Phi) is 4.55. The number of nitrogens with zero attached hydrogens (tertiary/aromatic N) is 1. The molecule has 0 aliphatic heterocycles. The molecule has 0 radical (unpaired) electrons. The Morgan fingerprint density at radius 3 is 2.85 bits per heavy atom. The summed E-state index contributed by atoms with van der Waals surface area (Å²) in [6, 6.07) is 5.42. The van der Waals surface area contributed by atoms with Crippen molar-refractivity contribution in [3.8, 4) is 16.9 Å². The molecular weight excluding hydrogens is 276 g/mol. The average molecular weight is 295 g/mol. The van der Waals surface area contributed by atoms with Gasteiger partial charge in [0.2, 0.25) is 0 Å². The number of anilines is 1. The molecule has 0 aliphatic carbocycles. The Morgan fingerprint density at radius 1 is 1.45 bits per heavy atom. The fraction of sp³-hybridized carbons (Fsp3) is 0.400. The van der Waals surface area contributed by atoms with E-state index in [0.717, 1.165) is 29.7 Å². The van der Waals surface area contributed by atoms with Crippen LogP contribution in [0.4, 0.5) is 5.82 Å². The molecule has 1 heterocycles. The second-order valence-electron chi connectivity index (χ2n) is 4.93. The Hall–Kier alpha value is -1.68. The van der Waals surface area contributed by atoms with Crippen LogP contribution in [0.25, 0.3) is 11.1 Å². The lowest BCUT2D eigenvalue weighted by atomic mass is 9.97. The number of hydrogen-bond donors (Lipinski definition) is 1. The van der Waals surface area contributed by atoms with E-state index < -0.39 is 0 Å². The van der Waals surface area contributed by atoms with E-state index in [1.54, 1.807) is 13.2 Å². The van der Waals surface area contributed by atoms with E-state index in [4.69, 9.17) is 26.6 Å². The number of nitrogens with two attached hydrogens (primary N) is 1. The summed E-state index contributed by atoms with van der Waals surface area (Å²) in [5.74, 6) is 2.34. The van der Waals surface area contributed by atoms with Crippen LogP contribution in [0.1, 0.15) is 26.0 Å². The molecule has 20 heavy (non-hydrogen) atoms. The first-order valence-electron chi connectivity index (χ1n) is 6.64. The lowest BCUT2D eigenvalue weighted by Crippen LogP contribution is -1.99. The van der Waals surface area contributed by atoms with Crippen LogP contribution in [0.3, 0.4) is 0 Å². The summed E-state index contributed by atoms with van der Waals surface area (Å²) in [6.07, 6.45) is 1.85. The maximum atomic E-state index is 6.08. The molecule has 0 amide bonds. The highest BCUT2D eigenvalue weighted by molar-refractivity contribution is 6.31. The van der Waals surface area contributed by atoms with E-state index >= 15 is 0 Å². The first-order valence-corrected chi connectivity index (χ1v) is 7.02. The minimum atomic E-state index is 0.365. The molecule has 2 rings (SSSR count). The quantitative estimate of drug-likeness (QED) is 0.899. The summed E-state index contributed by atoms with van der Waals surface area (Å²) in [7, 11) is 1.62. The molecular formula is C15H19ClN2O2. The van der Waals surface area contributed by atoms with Crippen LogP contribution < -0.4 is 10.5 Å². The zero-order valence-corrected chi connectivity index (χ0v) is 12.7. The van der Waals surface area contributed by atoms with Crippen LogP contribution in [0.15, 0.2) is 22.7 Å². The van der Waals surface area contributed by atoms with Crippen molar-refractivity contribution in [3.63, 3.8) is 0 Å². The van der Waals surface area contributed by atoms with Crippen LogP contribution in [0, 0.1) is 5.92 Å². The molecule has 1 atom stereocenters. The Bertz CT molecular complexity index is 596. The van der Waals surface area contributed by atoms with Crippen molar-refractivity contribution in [1.82, 2.24) is 5.16 Å². The molecule has 0 aliphatic rings. The molecule has 1 unspecified atom stereocenters. The van der Waals surface area contributed by atoms with Crippen LogP contribution in [-0.2, 0) is 6.42 Å². The zero-order valence-electron chi connectivity index (χ0n) is 11.9. The van der Waals surface area contributed by atoms with Gasteiger partial charge in [-0.2, -0.15) is 0 Å². The van der Waals surface area contributed by atoms with Gasteiger partial charge in [-0.05, 0) is 24.1 Å². The maximum absolute atomic E-state index is 6.08. The summed E-state index contributed by atoms with van der Waals surface area (Å²) in [6.45, 7) is 4.31. The van der Waals surface area contributed by atoms with Gasteiger partial charge in [0.05, 0.1) is 12.7 Å². The summed E-state index contributed by atoms with van der Waals surface area (Å²) in [4.78, 5) is 0. The zero-order chi connectivity index (χ0) is 14.7. The average Bonchev–Trinajstić information content (AvgIpc) is 2.79. The topological polar surface area (TPSA) is 61.3 Å². The minimum Gasteiger partial charge on any atom is -0.496 e. The van der Waals surface area contributed by atoms with Crippen LogP contribution in [0.2, 0.25) is 5.02 Å². The summed E-state index contributed by atoms with van der Waals surface area (Å²) < 4.78 is 10.8. The fourth-order valence-corrected chi connectivity index (χ4v) is 2.27. The molecule has 1 aromatic carbocycles. The number of ether oxygens (including phenoxy) is 1. The third-order valence-electron chi connectivity index (χ3n) is 3.45. The number of hydrogen-bond acceptors (Lipinski definition) is 4. The molecule has 2 N–H and O–H groups in total. The largest absolute Gasteiger partial charge is 0.496 e. The van der Waals surface area contributed by atoms with Crippen LogP contribution >= 0.6 is 11.6 Å². The third-order valence-corrected chi connectivity index (χ3v) is 3.69. The Balaban J connectivity index is 2.52. The van der Waals surface area contributed by atoms with Gasteiger partial charge in [-0.1, -0.05) is 37.0 Å². The molecule has 0 spiro atoms. The van der Waals surface area contributed by atoms with Gasteiger partial charge in [-0.3, -0.25) is 0 Å². The molecule has 4 nitrogen and oxygen atoms in total. The van der Waals surface area contributed by atoms with Crippen molar-refractivity contribution in [2.45, 2.75) is 26.7 Å². The van der Waals surface area contributed by atoms with Gasteiger partial charge in [0, 0.05) is 17.0 Å². The molecule has 0 bridgehead atoms. The number of nitrogen functional groups attached to an aromatic ring is 1. The predicted octanol–water partition coefficient (Wildman–Crippen LogP) is 4.17. The van der Waals surface area contributed by atoms with Gasteiger partial charge in [0.25, 0.3) is 0 Å². The second kappa shape index (κ2) is 6.18. The number of aromatic nitrogens is 1. The van der Waals surface area contributed by atoms with Gasteiger partial charge in [-0.15, -0.1) is 0 Å². The molecule has 108 valence electrons. The highest BCUT2D eigenvalue weighted by atomic mass is 35.5. The summed E-state index contributed by atoms with van der Waals surface area (Å²) in [5.41, 5.74) is 7.56. The number of benzene rings is 1. The lowest BCUT2D eigenvalue weighted by molar-refractivity contribution is 0.364.